The number of ether oxygens (including phenoxy) is 1. The number of Topliss-reactive ketones (excluding diaryl/α,β-unsaturated/α-hetero) is 1. The highest BCUT2D eigenvalue weighted by atomic mass is 16.6. The quantitative estimate of drug-likeness (QED) is 0.498. The van der Waals surface area contributed by atoms with Crippen molar-refractivity contribution >= 4 is 11.8 Å². The highest BCUT2D eigenvalue weighted by molar-refractivity contribution is 5.98. The zero-order valence-electron chi connectivity index (χ0n) is 11.5. The third-order valence-electron chi connectivity index (χ3n) is 5.11. The average Bonchev–Trinajstić information content (AvgIpc) is 2.63. The monoisotopic (exact) mass is 278 g/mol. The van der Waals surface area contributed by atoms with Crippen molar-refractivity contribution in [3.8, 4) is 0 Å². The first-order valence-electron chi connectivity index (χ1n) is 6.77. The van der Waals surface area contributed by atoms with Crippen LogP contribution in [0.3, 0.4) is 0 Å². The van der Waals surface area contributed by atoms with Crippen LogP contribution >= 0.6 is 0 Å². The number of aliphatic hydroxyl groups excluding tert-OH is 2. The van der Waals surface area contributed by atoms with Crippen LogP contribution in [0.5, 0.6) is 0 Å². The summed E-state index contributed by atoms with van der Waals surface area (Å²) >= 11 is 0. The van der Waals surface area contributed by atoms with E-state index in [9.17, 15) is 19.8 Å². The highest BCUT2D eigenvalue weighted by Gasteiger charge is 2.58. The minimum absolute atomic E-state index is 0.0465. The Morgan fingerprint density at radius 3 is 2.65 bits per heavy atom. The predicted octanol–water partition coefficient (Wildman–Crippen LogP) is 0.505. The SMILES string of the molecule is C=C1C(=O)OC2C3=C(C)C(=O)CC(O)C3(C)CC(O)C12. The smallest absolute Gasteiger partial charge is 0.334 e. The maximum absolute atomic E-state index is 12.0. The van der Waals surface area contributed by atoms with Crippen molar-refractivity contribution < 1.29 is 24.5 Å². The number of fused-ring (bicyclic) bond motifs is 3. The molecular weight excluding hydrogens is 260 g/mol. The van der Waals surface area contributed by atoms with Gasteiger partial charge in [-0.2, -0.15) is 0 Å². The highest BCUT2D eigenvalue weighted by Crippen LogP contribution is 2.54. The molecule has 1 aliphatic heterocycles. The fourth-order valence-electron chi connectivity index (χ4n) is 3.91. The van der Waals surface area contributed by atoms with E-state index in [0.717, 1.165) is 0 Å². The molecule has 0 bridgehead atoms. The molecule has 3 rings (SSSR count). The molecule has 0 aromatic carbocycles. The second-order valence-electron chi connectivity index (χ2n) is 6.25. The summed E-state index contributed by atoms with van der Waals surface area (Å²) in [4.78, 5) is 23.7. The lowest BCUT2D eigenvalue weighted by Gasteiger charge is -2.49. The Morgan fingerprint density at radius 2 is 2.00 bits per heavy atom. The summed E-state index contributed by atoms with van der Waals surface area (Å²) in [7, 11) is 0. The lowest BCUT2D eigenvalue weighted by atomic mass is 9.57. The van der Waals surface area contributed by atoms with Crippen molar-refractivity contribution in [3.05, 3.63) is 23.3 Å². The molecule has 0 spiro atoms. The van der Waals surface area contributed by atoms with Gasteiger partial charge in [-0.25, -0.2) is 4.79 Å². The minimum atomic E-state index is -0.864. The molecule has 0 radical (unpaired) electrons. The molecule has 2 N–H and O–H groups in total. The minimum Gasteiger partial charge on any atom is -0.454 e. The van der Waals surface area contributed by atoms with E-state index in [0.29, 0.717) is 17.6 Å². The van der Waals surface area contributed by atoms with Crippen LogP contribution in [0.15, 0.2) is 23.3 Å². The van der Waals surface area contributed by atoms with E-state index in [1.807, 2.05) is 6.92 Å². The zero-order valence-corrected chi connectivity index (χ0v) is 11.5. The van der Waals surface area contributed by atoms with Crippen LogP contribution < -0.4 is 0 Å². The van der Waals surface area contributed by atoms with Crippen LogP contribution in [-0.2, 0) is 14.3 Å². The number of carbonyl (C=O) groups excluding carboxylic acids is 2. The van der Waals surface area contributed by atoms with Crippen molar-refractivity contribution in [1.82, 2.24) is 0 Å². The number of hydrogen-bond donors (Lipinski definition) is 2. The van der Waals surface area contributed by atoms with Gasteiger partial charge in [0.2, 0.25) is 0 Å². The summed E-state index contributed by atoms with van der Waals surface area (Å²) < 4.78 is 5.33. The van der Waals surface area contributed by atoms with E-state index in [1.165, 1.54) is 0 Å². The van der Waals surface area contributed by atoms with Gasteiger partial charge < -0.3 is 14.9 Å². The first kappa shape index (κ1) is 13.5. The normalized spacial score (nSPS) is 44.3. The molecule has 2 aliphatic carbocycles. The van der Waals surface area contributed by atoms with Crippen molar-refractivity contribution in [2.24, 2.45) is 11.3 Å². The van der Waals surface area contributed by atoms with Crippen molar-refractivity contribution in [1.29, 1.82) is 0 Å². The number of hydrogen-bond acceptors (Lipinski definition) is 5. The van der Waals surface area contributed by atoms with E-state index in [2.05, 4.69) is 6.58 Å². The van der Waals surface area contributed by atoms with Crippen molar-refractivity contribution in [2.75, 3.05) is 0 Å². The van der Waals surface area contributed by atoms with Gasteiger partial charge in [-0.1, -0.05) is 13.5 Å². The van der Waals surface area contributed by atoms with E-state index in [1.54, 1.807) is 6.92 Å². The summed E-state index contributed by atoms with van der Waals surface area (Å²) in [5.41, 5.74) is 0.715. The van der Waals surface area contributed by atoms with Crippen LogP contribution in [0.25, 0.3) is 0 Å². The molecule has 5 heteroatoms. The number of allylic oxidation sites excluding steroid dienone is 1. The number of carbonyl (C=O) groups is 2. The van der Waals surface area contributed by atoms with Gasteiger partial charge >= 0.3 is 5.97 Å². The molecule has 0 aromatic heterocycles. The first-order chi connectivity index (χ1) is 9.27. The lowest BCUT2D eigenvalue weighted by molar-refractivity contribution is -0.142. The molecule has 1 saturated carbocycles. The molecule has 20 heavy (non-hydrogen) atoms. The van der Waals surface area contributed by atoms with Gasteiger partial charge in [-0.05, 0) is 24.5 Å². The standard InChI is InChI=1S/C15H18O5/c1-6-8(16)4-10(18)15(3)5-9(17)11-7(2)14(19)20-13(11)12(6)15/h9-11,13,17-18H,2,4-5H2,1,3H3. The van der Waals surface area contributed by atoms with E-state index < -0.39 is 35.6 Å². The maximum Gasteiger partial charge on any atom is 0.334 e. The molecule has 5 atom stereocenters. The Bertz CT molecular complexity index is 561. The Morgan fingerprint density at radius 1 is 1.35 bits per heavy atom. The van der Waals surface area contributed by atoms with Gasteiger partial charge in [-0.15, -0.1) is 0 Å². The fourth-order valence-corrected chi connectivity index (χ4v) is 3.91. The lowest BCUT2D eigenvalue weighted by Crippen LogP contribution is -2.53. The number of ketones is 1. The Hall–Kier alpha value is -1.46. The summed E-state index contributed by atoms with van der Waals surface area (Å²) in [5.74, 6) is -1.18. The fraction of sp³-hybridized carbons (Fsp3) is 0.600. The summed E-state index contributed by atoms with van der Waals surface area (Å²) in [6, 6.07) is 0. The van der Waals surface area contributed by atoms with Crippen LogP contribution in [0, 0.1) is 11.3 Å². The predicted molar refractivity (Wildman–Crippen MR) is 69.6 cm³/mol. The second-order valence-corrected chi connectivity index (χ2v) is 6.25. The Balaban J connectivity index is 2.18. The van der Waals surface area contributed by atoms with Crippen LogP contribution in [0.1, 0.15) is 26.7 Å². The molecule has 0 amide bonds. The van der Waals surface area contributed by atoms with Crippen LogP contribution in [-0.4, -0.2) is 40.3 Å². The van der Waals surface area contributed by atoms with Gasteiger partial charge in [0.05, 0.1) is 18.1 Å². The molecule has 0 aromatic rings. The molecule has 5 nitrogen and oxygen atoms in total. The number of rotatable bonds is 0. The number of aliphatic hydroxyl groups is 2. The molecule has 5 unspecified atom stereocenters. The maximum atomic E-state index is 12.0. The molecule has 1 heterocycles. The third-order valence-corrected chi connectivity index (χ3v) is 5.11. The molecule has 3 aliphatic rings. The Labute approximate surface area is 116 Å². The average molecular weight is 278 g/mol. The van der Waals surface area contributed by atoms with Crippen molar-refractivity contribution in [2.45, 2.75) is 45.0 Å². The van der Waals surface area contributed by atoms with Gasteiger partial charge in [0.1, 0.15) is 6.10 Å². The third kappa shape index (κ3) is 1.50. The molecule has 1 saturated heterocycles. The van der Waals surface area contributed by atoms with E-state index in [-0.39, 0.29) is 17.8 Å². The van der Waals surface area contributed by atoms with E-state index >= 15 is 0 Å². The molecule has 108 valence electrons. The Kier molecular flexibility index (Phi) is 2.72. The largest absolute Gasteiger partial charge is 0.454 e. The molecule has 2 fully saturated rings. The zero-order chi connectivity index (χ0) is 14.8. The van der Waals surface area contributed by atoms with Crippen molar-refractivity contribution in [3.63, 3.8) is 0 Å². The van der Waals surface area contributed by atoms with E-state index in [4.69, 9.17) is 4.74 Å². The second kappa shape index (κ2) is 4.02. The molecular formula is C15H18O5. The van der Waals surface area contributed by atoms with Gasteiger partial charge in [-0.3, -0.25) is 4.79 Å². The van der Waals surface area contributed by atoms with Gasteiger partial charge in [0.15, 0.2) is 5.78 Å². The number of esters is 1. The van der Waals surface area contributed by atoms with Gasteiger partial charge in [0.25, 0.3) is 0 Å². The van der Waals surface area contributed by atoms with Crippen LogP contribution in [0.2, 0.25) is 0 Å². The summed E-state index contributed by atoms with van der Waals surface area (Å²) in [5, 5.41) is 20.6. The van der Waals surface area contributed by atoms with Crippen LogP contribution in [0.4, 0.5) is 0 Å². The van der Waals surface area contributed by atoms with Gasteiger partial charge in [0, 0.05) is 17.4 Å². The first-order valence-corrected chi connectivity index (χ1v) is 6.77. The topological polar surface area (TPSA) is 83.8 Å². The summed E-state index contributed by atoms with van der Waals surface area (Å²) in [6.45, 7) is 7.21. The summed E-state index contributed by atoms with van der Waals surface area (Å²) in [6.07, 6.45) is -2.00.